The summed E-state index contributed by atoms with van der Waals surface area (Å²) in [5, 5.41) is 7.61. The molecule has 0 bridgehead atoms. The molecule has 0 aliphatic rings. The molecule has 0 unspecified atom stereocenters. The molecular formula is C18H19ClN4O. The Kier molecular flexibility index (Phi) is 4.81. The number of rotatable bonds is 5. The molecule has 0 aliphatic heterocycles. The van der Waals surface area contributed by atoms with Gasteiger partial charge in [-0.3, -0.25) is 4.79 Å². The summed E-state index contributed by atoms with van der Waals surface area (Å²) in [6, 6.07) is 10.9. The number of aromatic nitrogens is 3. The van der Waals surface area contributed by atoms with Crippen LogP contribution in [-0.2, 0) is 0 Å². The average molecular weight is 343 g/mol. The van der Waals surface area contributed by atoms with Crippen LogP contribution >= 0.6 is 11.6 Å². The zero-order valence-electron chi connectivity index (χ0n) is 13.7. The van der Waals surface area contributed by atoms with Gasteiger partial charge in [-0.2, -0.15) is 5.10 Å². The third kappa shape index (κ3) is 3.57. The van der Waals surface area contributed by atoms with E-state index in [2.05, 4.69) is 29.2 Å². The molecule has 1 aromatic carbocycles. The van der Waals surface area contributed by atoms with Gasteiger partial charge in [-0.25, -0.2) is 9.50 Å². The maximum Gasteiger partial charge on any atom is 0.251 e. The number of halogens is 1. The van der Waals surface area contributed by atoms with Crippen LogP contribution in [0.1, 0.15) is 30.6 Å². The molecule has 3 rings (SSSR count). The molecule has 0 atom stereocenters. The normalized spacial score (nSPS) is 11.2. The predicted molar refractivity (Wildman–Crippen MR) is 95.2 cm³/mol. The zero-order chi connectivity index (χ0) is 17.1. The van der Waals surface area contributed by atoms with Crippen LogP contribution < -0.4 is 5.32 Å². The fourth-order valence-corrected chi connectivity index (χ4v) is 2.56. The third-order valence-corrected chi connectivity index (χ3v) is 3.98. The molecule has 1 N–H and O–H groups in total. The molecule has 24 heavy (non-hydrogen) atoms. The van der Waals surface area contributed by atoms with E-state index in [9.17, 15) is 4.79 Å². The van der Waals surface area contributed by atoms with Crippen LogP contribution in [0.5, 0.6) is 0 Å². The Balaban J connectivity index is 1.78. The minimum Gasteiger partial charge on any atom is -0.352 e. The van der Waals surface area contributed by atoms with Crippen molar-refractivity contribution in [2.75, 3.05) is 6.54 Å². The first-order valence-corrected chi connectivity index (χ1v) is 8.31. The van der Waals surface area contributed by atoms with E-state index in [-0.39, 0.29) is 5.91 Å². The summed E-state index contributed by atoms with van der Waals surface area (Å²) in [6.45, 7) is 4.96. The van der Waals surface area contributed by atoms with Gasteiger partial charge in [0.25, 0.3) is 5.91 Å². The van der Waals surface area contributed by atoms with Gasteiger partial charge >= 0.3 is 0 Å². The van der Waals surface area contributed by atoms with Gasteiger partial charge in [-0.05, 0) is 36.6 Å². The molecule has 0 spiro atoms. The Morgan fingerprint density at radius 1 is 1.21 bits per heavy atom. The average Bonchev–Trinajstić information content (AvgIpc) is 2.97. The summed E-state index contributed by atoms with van der Waals surface area (Å²) in [7, 11) is 0. The van der Waals surface area contributed by atoms with Gasteiger partial charge in [0.2, 0.25) is 0 Å². The van der Waals surface area contributed by atoms with Crippen molar-refractivity contribution in [1.29, 1.82) is 0 Å². The monoisotopic (exact) mass is 342 g/mol. The van der Waals surface area contributed by atoms with E-state index in [4.69, 9.17) is 11.6 Å². The second kappa shape index (κ2) is 7.01. The number of carbonyl (C=O) groups is 1. The maximum absolute atomic E-state index is 12.1. The molecule has 0 aliphatic carbocycles. The molecule has 0 fully saturated rings. The fraction of sp³-hybridized carbons (Fsp3) is 0.278. The van der Waals surface area contributed by atoms with Gasteiger partial charge < -0.3 is 5.32 Å². The van der Waals surface area contributed by atoms with Crippen molar-refractivity contribution in [1.82, 2.24) is 19.9 Å². The second-order valence-electron chi connectivity index (χ2n) is 6.09. The highest BCUT2D eigenvalue weighted by Crippen LogP contribution is 2.21. The lowest BCUT2D eigenvalue weighted by Crippen LogP contribution is -2.25. The quantitative estimate of drug-likeness (QED) is 0.766. The van der Waals surface area contributed by atoms with Crippen LogP contribution in [0, 0.1) is 5.92 Å². The van der Waals surface area contributed by atoms with Gasteiger partial charge in [-0.15, -0.1) is 0 Å². The maximum atomic E-state index is 12.1. The number of nitrogens with one attached hydrogen (secondary N) is 1. The van der Waals surface area contributed by atoms with Crippen molar-refractivity contribution in [3.8, 4) is 11.3 Å². The first kappa shape index (κ1) is 16.5. The first-order valence-electron chi connectivity index (χ1n) is 7.93. The summed E-state index contributed by atoms with van der Waals surface area (Å²) < 4.78 is 1.69. The van der Waals surface area contributed by atoms with E-state index in [1.54, 1.807) is 16.8 Å². The minimum atomic E-state index is -0.0542. The van der Waals surface area contributed by atoms with E-state index < -0.39 is 0 Å². The topological polar surface area (TPSA) is 59.3 Å². The van der Waals surface area contributed by atoms with Crippen LogP contribution in [0.3, 0.4) is 0 Å². The highest BCUT2D eigenvalue weighted by molar-refractivity contribution is 6.29. The van der Waals surface area contributed by atoms with E-state index in [1.807, 2.05) is 30.3 Å². The number of amides is 1. The molecule has 2 heterocycles. The molecule has 1 amide bonds. The molecule has 0 saturated carbocycles. The highest BCUT2D eigenvalue weighted by Gasteiger charge is 2.10. The summed E-state index contributed by atoms with van der Waals surface area (Å²) in [5.74, 6) is 0.517. The largest absolute Gasteiger partial charge is 0.352 e. The first-order chi connectivity index (χ1) is 11.5. The summed E-state index contributed by atoms with van der Waals surface area (Å²) in [5.41, 5.74) is 3.13. The molecule has 6 heteroatoms. The Labute approximate surface area is 145 Å². The predicted octanol–water partition coefficient (Wildman–Crippen LogP) is 3.83. The molecule has 2 aromatic heterocycles. The Hall–Kier alpha value is -2.40. The van der Waals surface area contributed by atoms with Gasteiger partial charge in [-0.1, -0.05) is 37.6 Å². The van der Waals surface area contributed by atoms with Crippen LogP contribution in [-0.4, -0.2) is 27.0 Å². The molecule has 0 radical (unpaired) electrons. The zero-order valence-corrected chi connectivity index (χ0v) is 14.4. The van der Waals surface area contributed by atoms with Crippen molar-refractivity contribution in [3.05, 3.63) is 53.3 Å². The van der Waals surface area contributed by atoms with Crippen molar-refractivity contribution >= 4 is 23.2 Å². The molecule has 124 valence electrons. The van der Waals surface area contributed by atoms with Gasteiger partial charge in [0.1, 0.15) is 5.15 Å². The highest BCUT2D eigenvalue weighted by atomic mass is 35.5. The Bertz CT molecular complexity index is 855. The second-order valence-corrected chi connectivity index (χ2v) is 6.47. The molecule has 0 saturated heterocycles. The number of hydrogen-bond acceptors (Lipinski definition) is 3. The number of hydrogen-bond donors (Lipinski definition) is 1. The number of imidazole rings is 1. The lowest BCUT2D eigenvalue weighted by atomic mass is 10.1. The Morgan fingerprint density at radius 3 is 2.67 bits per heavy atom. The molecule has 5 nitrogen and oxygen atoms in total. The van der Waals surface area contributed by atoms with Crippen LogP contribution in [0.25, 0.3) is 16.9 Å². The van der Waals surface area contributed by atoms with Crippen molar-refractivity contribution in [2.45, 2.75) is 20.3 Å². The smallest absolute Gasteiger partial charge is 0.251 e. The lowest BCUT2D eigenvalue weighted by molar-refractivity contribution is 0.0952. The van der Waals surface area contributed by atoms with Gasteiger partial charge in [0, 0.05) is 17.7 Å². The van der Waals surface area contributed by atoms with E-state index in [1.165, 1.54) is 0 Å². The van der Waals surface area contributed by atoms with E-state index in [0.717, 1.165) is 23.3 Å². The van der Waals surface area contributed by atoms with Crippen molar-refractivity contribution in [2.24, 2.45) is 5.92 Å². The summed E-state index contributed by atoms with van der Waals surface area (Å²) >= 11 is 5.96. The van der Waals surface area contributed by atoms with Gasteiger partial charge in [0.05, 0.1) is 11.9 Å². The van der Waals surface area contributed by atoms with Gasteiger partial charge in [0.15, 0.2) is 5.65 Å². The number of benzene rings is 1. The summed E-state index contributed by atoms with van der Waals surface area (Å²) in [4.78, 5) is 16.4. The molecular weight excluding hydrogens is 324 g/mol. The van der Waals surface area contributed by atoms with Crippen LogP contribution in [0.4, 0.5) is 0 Å². The fourth-order valence-electron chi connectivity index (χ4n) is 2.42. The van der Waals surface area contributed by atoms with Crippen molar-refractivity contribution in [3.63, 3.8) is 0 Å². The van der Waals surface area contributed by atoms with Crippen LogP contribution in [0.2, 0.25) is 5.15 Å². The third-order valence-electron chi connectivity index (χ3n) is 3.78. The molecule has 3 aromatic rings. The van der Waals surface area contributed by atoms with Crippen LogP contribution in [0.15, 0.2) is 42.6 Å². The lowest BCUT2D eigenvalue weighted by Gasteiger charge is -2.08. The van der Waals surface area contributed by atoms with E-state index in [0.29, 0.717) is 23.2 Å². The Morgan fingerprint density at radius 2 is 1.96 bits per heavy atom. The SMILES string of the molecule is CC(C)CCNC(=O)c1ccc(-c2cnc3ccc(Cl)nn23)cc1. The number of nitrogens with zero attached hydrogens (tertiary/aromatic N) is 3. The minimum absolute atomic E-state index is 0.0542. The number of carbonyl (C=O) groups excluding carboxylic acids is 1. The number of fused-ring (bicyclic) bond motifs is 1. The van der Waals surface area contributed by atoms with Crippen molar-refractivity contribution < 1.29 is 4.79 Å². The van der Waals surface area contributed by atoms with E-state index >= 15 is 0 Å². The standard InChI is InChI=1S/C18H19ClN4O/c1-12(2)9-10-20-18(24)14-5-3-13(4-6-14)15-11-21-17-8-7-16(19)22-23(15)17/h3-8,11-12H,9-10H2,1-2H3,(H,20,24). The summed E-state index contributed by atoms with van der Waals surface area (Å²) in [6.07, 6.45) is 2.72.